The summed E-state index contributed by atoms with van der Waals surface area (Å²) < 4.78 is 7.07. The minimum atomic E-state index is -0.452. The van der Waals surface area contributed by atoms with E-state index in [2.05, 4.69) is 9.73 Å². The second-order valence-electron chi connectivity index (χ2n) is 4.44. The molecule has 23 heavy (non-hydrogen) atoms. The van der Waals surface area contributed by atoms with Gasteiger partial charge in [-0.1, -0.05) is 34.7 Å². The van der Waals surface area contributed by atoms with E-state index in [0.717, 1.165) is 22.0 Å². The molecule has 6 nitrogen and oxygen atoms in total. The number of thioether (sulfide) groups is 1. The Morgan fingerprint density at radius 1 is 1.39 bits per heavy atom. The molecule has 1 aromatic heterocycles. The fraction of sp³-hybridized carbons (Fsp3) is 0.286. The Balaban J connectivity index is 2.48. The summed E-state index contributed by atoms with van der Waals surface area (Å²) in [5.74, 6) is -0.934. The summed E-state index contributed by atoms with van der Waals surface area (Å²) in [5.41, 5.74) is 0.732. The first-order valence-electron chi connectivity index (χ1n) is 6.47. The number of thiazole rings is 1. The predicted octanol–water partition coefficient (Wildman–Crippen LogP) is 2.24. The number of halogens is 1. The highest BCUT2D eigenvalue weighted by Crippen LogP contribution is 2.22. The molecule has 0 saturated carbocycles. The van der Waals surface area contributed by atoms with Crippen molar-refractivity contribution >= 4 is 61.9 Å². The molecule has 2 rings (SSSR count). The van der Waals surface area contributed by atoms with E-state index < -0.39 is 11.9 Å². The van der Waals surface area contributed by atoms with Crippen LogP contribution in [0.5, 0.6) is 0 Å². The SMILES string of the molecule is COC(=O)Cn1c(=NC(=O)CSC(C)=O)sc2cc(Cl)ccc21. The summed E-state index contributed by atoms with van der Waals surface area (Å²) in [6.45, 7) is 1.32. The number of ether oxygens (including phenoxy) is 1. The maximum atomic E-state index is 11.9. The smallest absolute Gasteiger partial charge is 0.325 e. The monoisotopic (exact) mass is 372 g/mol. The van der Waals surface area contributed by atoms with Gasteiger partial charge >= 0.3 is 5.97 Å². The summed E-state index contributed by atoms with van der Waals surface area (Å²) in [5, 5.41) is 0.396. The molecule has 0 saturated heterocycles. The van der Waals surface area contributed by atoms with E-state index in [-0.39, 0.29) is 17.4 Å². The molecule has 2 aromatic rings. The van der Waals surface area contributed by atoms with E-state index in [1.54, 1.807) is 22.8 Å². The van der Waals surface area contributed by atoms with Crippen LogP contribution in [0.2, 0.25) is 5.02 Å². The van der Waals surface area contributed by atoms with Crippen LogP contribution in [0.3, 0.4) is 0 Å². The number of amides is 1. The molecule has 122 valence electrons. The standard InChI is InChI=1S/C14H13ClN2O4S2/c1-8(18)22-7-12(19)16-14-17(6-13(20)21-2)10-4-3-9(15)5-11(10)23-14/h3-5H,6-7H2,1-2H3. The van der Waals surface area contributed by atoms with E-state index in [1.807, 2.05) is 0 Å². The molecule has 1 amide bonds. The van der Waals surface area contributed by atoms with Crippen LogP contribution in [-0.2, 0) is 25.7 Å². The van der Waals surface area contributed by atoms with E-state index in [4.69, 9.17) is 11.6 Å². The topological polar surface area (TPSA) is 77.7 Å². The summed E-state index contributed by atoms with van der Waals surface area (Å²) >= 11 is 8.11. The molecule has 0 aliphatic carbocycles. The molecule has 0 bridgehead atoms. The molecular weight excluding hydrogens is 360 g/mol. The average molecular weight is 373 g/mol. The minimum absolute atomic E-state index is 0.0391. The Hall–Kier alpha value is -1.64. The van der Waals surface area contributed by atoms with Crippen LogP contribution in [0.4, 0.5) is 0 Å². The highest BCUT2D eigenvalue weighted by atomic mass is 35.5. The second kappa shape index (κ2) is 7.76. The Morgan fingerprint density at radius 2 is 2.13 bits per heavy atom. The van der Waals surface area contributed by atoms with Crippen LogP contribution in [0.15, 0.2) is 23.2 Å². The minimum Gasteiger partial charge on any atom is -0.468 e. The number of nitrogens with zero attached hydrogens (tertiary/aromatic N) is 2. The molecule has 1 heterocycles. The van der Waals surface area contributed by atoms with Crippen molar-refractivity contribution in [2.45, 2.75) is 13.5 Å². The van der Waals surface area contributed by atoms with Crippen LogP contribution < -0.4 is 4.80 Å². The van der Waals surface area contributed by atoms with Crippen molar-refractivity contribution in [1.82, 2.24) is 4.57 Å². The van der Waals surface area contributed by atoms with Gasteiger partial charge in [-0.2, -0.15) is 4.99 Å². The number of esters is 1. The lowest BCUT2D eigenvalue weighted by Crippen LogP contribution is -2.22. The first kappa shape index (κ1) is 17.7. The summed E-state index contributed by atoms with van der Waals surface area (Å²) in [6, 6.07) is 5.19. The van der Waals surface area contributed by atoms with Gasteiger partial charge in [0, 0.05) is 11.9 Å². The van der Waals surface area contributed by atoms with Crippen LogP contribution in [0, 0.1) is 0 Å². The molecule has 0 unspecified atom stereocenters. The van der Waals surface area contributed by atoms with Gasteiger partial charge in [0.25, 0.3) is 5.91 Å². The van der Waals surface area contributed by atoms with Crippen LogP contribution >= 0.6 is 34.7 Å². The number of hydrogen-bond acceptors (Lipinski definition) is 6. The van der Waals surface area contributed by atoms with E-state index >= 15 is 0 Å². The van der Waals surface area contributed by atoms with Gasteiger partial charge in [0.1, 0.15) is 6.54 Å². The Morgan fingerprint density at radius 3 is 2.78 bits per heavy atom. The molecule has 0 aliphatic heterocycles. The lowest BCUT2D eigenvalue weighted by atomic mass is 10.3. The normalized spacial score (nSPS) is 11.7. The van der Waals surface area contributed by atoms with Gasteiger partial charge < -0.3 is 9.30 Å². The second-order valence-corrected chi connectivity index (χ2v) is 7.04. The van der Waals surface area contributed by atoms with Gasteiger partial charge in [-0.15, -0.1) is 0 Å². The van der Waals surface area contributed by atoms with Gasteiger partial charge in [0.15, 0.2) is 9.92 Å². The van der Waals surface area contributed by atoms with Gasteiger partial charge in [-0.3, -0.25) is 14.4 Å². The third-order valence-corrected chi connectivity index (χ3v) is 4.85. The van der Waals surface area contributed by atoms with Crippen molar-refractivity contribution in [2.75, 3.05) is 12.9 Å². The first-order valence-corrected chi connectivity index (χ1v) is 8.65. The fourth-order valence-electron chi connectivity index (χ4n) is 1.78. The molecule has 0 aliphatic rings. The number of fused-ring (bicyclic) bond motifs is 1. The lowest BCUT2D eigenvalue weighted by molar-refractivity contribution is -0.141. The quantitative estimate of drug-likeness (QED) is 0.769. The van der Waals surface area contributed by atoms with Crippen LogP contribution in [0.25, 0.3) is 10.2 Å². The van der Waals surface area contributed by atoms with Crippen LogP contribution in [0.1, 0.15) is 6.92 Å². The van der Waals surface area contributed by atoms with Crippen molar-refractivity contribution in [3.8, 4) is 0 Å². The third-order valence-electron chi connectivity index (χ3n) is 2.78. The number of aromatic nitrogens is 1. The van der Waals surface area contributed by atoms with Crippen molar-refractivity contribution < 1.29 is 19.1 Å². The van der Waals surface area contributed by atoms with Gasteiger partial charge in [0.05, 0.1) is 23.1 Å². The van der Waals surface area contributed by atoms with Crippen molar-refractivity contribution in [1.29, 1.82) is 0 Å². The van der Waals surface area contributed by atoms with E-state index in [1.165, 1.54) is 25.4 Å². The van der Waals surface area contributed by atoms with Crippen LogP contribution in [-0.4, -0.2) is 34.4 Å². The summed E-state index contributed by atoms with van der Waals surface area (Å²) in [6.07, 6.45) is 0. The van der Waals surface area contributed by atoms with E-state index in [0.29, 0.717) is 9.82 Å². The Kier molecular flexibility index (Phi) is 5.97. The fourth-order valence-corrected chi connectivity index (χ4v) is 3.50. The highest BCUT2D eigenvalue weighted by molar-refractivity contribution is 8.14. The molecule has 0 radical (unpaired) electrons. The predicted molar refractivity (Wildman–Crippen MR) is 90.6 cm³/mol. The number of methoxy groups -OCH3 is 1. The summed E-state index contributed by atoms with van der Waals surface area (Å²) in [4.78, 5) is 38.8. The number of benzene rings is 1. The molecule has 1 aromatic carbocycles. The zero-order valence-corrected chi connectivity index (χ0v) is 14.8. The van der Waals surface area contributed by atoms with Gasteiger partial charge in [-0.05, 0) is 18.2 Å². The van der Waals surface area contributed by atoms with Crippen molar-refractivity contribution in [2.24, 2.45) is 4.99 Å². The lowest BCUT2D eigenvalue weighted by Gasteiger charge is -2.03. The van der Waals surface area contributed by atoms with Crippen molar-refractivity contribution in [3.05, 3.63) is 28.0 Å². The Labute approximate surface area is 145 Å². The largest absolute Gasteiger partial charge is 0.468 e. The maximum absolute atomic E-state index is 11.9. The first-order chi connectivity index (χ1) is 10.9. The average Bonchev–Trinajstić information content (AvgIpc) is 2.81. The van der Waals surface area contributed by atoms with Gasteiger partial charge in [-0.25, -0.2) is 0 Å². The Bertz CT molecular complexity index is 841. The molecular formula is C14H13ClN2O4S2. The van der Waals surface area contributed by atoms with Gasteiger partial charge in [0.2, 0.25) is 0 Å². The number of carbonyl (C=O) groups excluding carboxylic acids is 3. The molecule has 0 fully saturated rings. The molecule has 0 atom stereocenters. The molecule has 9 heteroatoms. The third kappa shape index (κ3) is 4.66. The maximum Gasteiger partial charge on any atom is 0.325 e. The zero-order valence-electron chi connectivity index (χ0n) is 12.4. The highest BCUT2D eigenvalue weighted by Gasteiger charge is 2.12. The number of hydrogen-bond donors (Lipinski definition) is 0. The molecule has 0 spiro atoms. The van der Waals surface area contributed by atoms with E-state index in [9.17, 15) is 14.4 Å². The zero-order chi connectivity index (χ0) is 17.0. The van der Waals surface area contributed by atoms with Crippen molar-refractivity contribution in [3.63, 3.8) is 0 Å². The number of carbonyl (C=O) groups is 3. The molecule has 0 N–H and O–H groups in total. The number of rotatable bonds is 4. The summed E-state index contributed by atoms with van der Waals surface area (Å²) in [7, 11) is 1.29.